The SMILES string of the molecule is CCCCN(CC(F)(F)F)C(=O)c1oc2ccc(Br)cc2c1C. The van der Waals surface area contributed by atoms with E-state index >= 15 is 0 Å². The summed E-state index contributed by atoms with van der Waals surface area (Å²) < 4.78 is 44.5. The van der Waals surface area contributed by atoms with Crippen LogP contribution in [-0.2, 0) is 0 Å². The van der Waals surface area contributed by atoms with Crippen molar-refractivity contribution in [2.75, 3.05) is 13.1 Å². The van der Waals surface area contributed by atoms with Gasteiger partial charge in [0.2, 0.25) is 0 Å². The summed E-state index contributed by atoms with van der Waals surface area (Å²) in [6, 6.07) is 5.22. The molecule has 1 amide bonds. The number of nitrogens with zero attached hydrogens (tertiary/aromatic N) is 1. The number of carbonyl (C=O) groups is 1. The van der Waals surface area contributed by atoms with E-state index in [9.17, 15) is 18.0 Å². The monoisotopic (exact) mass is 391 g/mol. The molecule has 1 heterocycles. The van der Waals surface area contributed by atoms with Gasteiger partial charge < -0.3 is 9.32 Å². The number of alkyl halides is 3. The van der Waals surface area contributed by atoms with Crippen molar-refractivity contribution in [3.05, 3.63) is 34.0 Å². The second-order valence-electron chi connectivity index (χ2n) is 5.39. The van der Waals surface area contributed by atoms with Gasteiger partial charge in [-0.2, -0.15) is 13.2 Å². The molecular weight excluding hydrogens is 375 g/mol. The fourth-order valence-corrected chi connectivity index (χ4v) is 2.72. The first-order valence-corrected chi connectivity index (χ1v) is 8.07. The Hall–Kier alpha value is -1.50. The van der Waals surface area contributed by atoms with E-state index in [-0.39, 0.29) is 12.3 Å². The van der Waals surface area contributed by atoms with Gasteiger partial charge in [0.15, 0.2) is 5.76 Å². The maximum Gasteiger partial charge on any atom is 0.406 e. The Kier molecular flexibility index (Phi) is 5.39. The molecule has 0 aliphatic rings. The molecule has 0 bridgehead atoms. The number of amides is 1. The first-order valence-electron chi connectivity index (χ1n) is 7.27. The number of benzene rings is 1. The van der Waals surface area contributed by atoms with Gasteiger partial charge >= 0.3 is 6.18 Å². The zero-order valence-corrected chi connectivity index (χ0v) is 14.4. The highest BCUT2D eigenvalue weighted by Crippen LogP contribution is 2.29. The molecule has 0 unspecified atom stereocenters. The lowest BCUT2D eigenvalue weighted by molar-refractivity contribution is -0.141. The lowest BCUT2D eigenvalue weighted by Gasteiger charge is -2.23. The summed E-state index contributed by atoms with van der Waals surface area (Å²) in [7, 11) is 0. The smallest absolute Gasteiger partial charge is 0.406 e. The Morgan fingerprint density at radius 3 is 2.65 bits per heavy atom. The number of carbonyl (C=O) groups excluding carboxylic acids is 1. The molecule has 0 radical (unpaired) electrons. The summed E-state index contributed by atoms with van der Waals surface area (Å²) in [5, 5.41) is 0.713. The van der Waals surface area contributed by atoms with Crippen molar-refractivity contribution in [2.24, 2.45) is 0 Å². The fourth-order valence-electron chi connectivity index (χ4n) is 2.36. The van der Waals surface area contributed by atoms with Crippen molar-refractivity contribution in [2.45, 2.75) is 32.9 Å². The van der Waals surface area contributed by atoms with Crippen LogP contribution in [0.3, 0.4) is 0 Å². The van der Waals surface area contributed by atoms with E-state index in [0.29, 0.717) is 29.4 Å². The normalized spacial score (nSPS) is 11.9. The van der Waals surface area contributed by atoms with E-state index < -0.39 is 18.6 Å². The van der Waals surface area contributed by atoms with Crippen LogP contribution in [0.1, 0.15) is 35.9 Å². The third-order valence-electron chi connectivity index (χ3n) is 3.53. The molecule has 0 spiro atoms. The van der Waals surface area contributed by atoms with Gasteiger partial charge in [0, 0.05) is 22.0 Å². The van der Waals surface area contributed by atoms with Crippen molar-refractivity contribution in [1.82, 2.24) is 4.90 Å². The van der Waals surface area contributed by atoms with E-state index in [4.69, 9.17) is 4.42 Å². The molecule has 0 atom stereocenters. The Morgan fingerprint density at radius 2 is 2.04 bits per heavy atom. The Balaban J connectivity index is 2.37. The van der Waals surface area contributed by atoms with E-state index in [2.05, 4.69) is 15.9 Å². The molecule has 0 aliphatic heterocycles. The average Bonchev–Trinajstić information content (AvgIpc) is 2.78. The summed E-state index contributed by atoms with van der Waals surface area (Å²) in [6.07, 6.45) is -3.23. The summed E-state index contributed by atoms with van der Waals surface area (Å²) in [6.45, 7) is 2.32. The Labute approximate surface area is 140 Å². The van der Waals surface area contributed by atoms with Crippen LogP contribution >= 0.6 is 15.9 Å². The highest BCUT2D eigenvalue weighted by molar-refractivity contribution is 9.10. The number of furan rings is 1. The number of unbranched alkanes of at least 4 members (excludes halogenated alkanes) is 1. The van der Waals surface area contributed by atoms with Gasteiger partial charge in [-0.1, -0.05) is 29.3 Å². The molecule has 7 heteroatoms. The highest BCUT2D eigenvalue weighted by Gasteiger charge is 2.34. The van der Waals surface area contributed by atoms with Crippen LogP contribution in [0.5, 0.6) is 0 Å². The lowest BCUT2D eigenvalue weighted by atomic mass is 10.1. The second kappa shape index (κ2) is 6.95. The van der Waals surface area contributed by atoms with Gasteiger partial charge in [0.1, 0.15) is 12.1 Å². The van der Waals surface area contributed by atoms with Gasteiger partial charge in [-0.3, -0.25) is 4.79 Å². The average molecular weight is 392 g/mol. The molecule has 2 rings (SSSR count). The molecule has 0 N–H and O–H groups in total. The van der Waals surface area contributed by atoms with E-state index in [0.717, 1.165) is 9.37 Å². The molecule has 0 saturated heterocycles. The van der Waals surface area contributed by atoms with Gasteiger partial charge in [0.05, 0.1) is 0 Å². The van der Waals surface area contributed by atoms with Crippen LogP contribution in [-0.4, -0.2) is 30.1 Å². The summed E-state index contributed by atoms with van der Waals surface area (Å²) in [5.74, 6) is -0.751. The number of aryl methyl sites for hydroxylation is 1. The maximum atomic E-state index is 12.7. The van der Waals surface area contributed by atoms with Crippen molar-refractivity contribution in [3.8, 4) is 0 Å². The van der Waals surface area contributed by atoms with Crippen molar-refractivity contribution < 1.29 is 22.4 Å². The third-order valence-corrected chi connectivity index (χ3v) is 4.02. The summed E-state index contributed by atoms with van der Waals surface area (Å²) >= 11 is 3.33. The molecule has 0 fully saturated rings. The van der Waals surface area contributed by atoms with Crippen LogP contribution in [0.15, 0.2) is 27.1 Å². The van der Waals surface area contributed by atoms with Crippen molar-refractivity contribution >= 4 is 32.8 Å². The molecule has 1 aromatic heterocycles. The lowest BCUT2D eigenvalue weighted by Crippen LogP contribution is -2.39. The number of hydrogen-bond acceptors (Lipinski definition) is 2. The number of rotatable bonds is 5. The molecular formula is C16H17BrF3NO2. The molecule has 3 nitrogen and oxygen atoms in total. The third kappa shape index (κ3) is 4.28. The summed E-state index contributed by atoms with van der Waals surface area (Å²) in [4.78, 5) is 13.3. The minimum atomic E-state index is -4.44. The van der Waals surface area contributed by atoms with Crippen LogP contribution < -0.4 is 0 Å². The van der Waals surface area contributed by atoms with E-state index in [1.807, 2.05) is 6.92 Å². The largest absolute Gasteiger partial charge is 0.451 e. The van der Waals surface area contributed by atoms with Crippen LogP contribution in [0, 0.1) is 6.92 Å². The van der Waals surface area contributed by atoms with Crippen molar-refractivity contribution in [1.29, 1.82) is 0 Å². The summed E-state index contributed by atoms with van der Waals surface area (Å²) in [5.41, 5.74) is 1.03. The first-order chi connectivity index (χ1) is 10.7. The van der Waals surface area contributed by atoms with Gasteiger partial charge in [-0.25, -0.2) is 0 Å². The minimum absolute atomic E-state index is 0.0292. The van der Waals surface area contributed by atoms with Crippen LogP contribution in [0.25, 0.3) is 11.0 Å². The van der Waals surface area contributed by atoms with Crippen LogP contribution in [0.4, 0.5) is 13.2 Å². The zero-order chi connectivity index (χ0) is 17.2. The quantitative estimate of drug-likeness (QED) is 0.691. The Morgan fingerprint density at radius 1 is 1.35 bits per heavy atom. The maximum absolute atomic E-state index is 12.7. The molecule has 126 valence electrons. The minimum Gasteiger partial charge on any atom is -0.451 e. The Bertz CT molecular complexity index is 709. The van der Waals surface area contributed by atoms with Crippen LogP contribution in [0.2, 0.25) is 0 Å². The van der Waals surface area contributed by atoms with Crippen molar-refractivity contribution in [3.63, 3.8) is 0 Å². The number of halogens is 4. The van der Waals surface area contributed by atoms with E-state index in [1.165, 1.54) is 0 Å². The predicted octanol–water partition coefficient (Wildman–Crippen LogP) is 5.31. The first kappa shape index (κ1) is 17.8. The standard InChI is InChI=1S/C16H17BrF3NO2/c1-3-4-7-21(9-16(18,19)20)15(22)14-10(2)12-8-11(17)5-6-13(12)23-14/h5-6,8H,3-4,7,9H2,1-2H3. The molecule has 0 aliphatic carbocycles. The van der Waals surface area contributed by atoms with Gasteiger partial charge in [0.25, 0.3) is 5.91 Å². The molecule has 1 aromatic carbocycles. The zero-order valence-electron chi connectivity index (χ0n) is 12.8. The number of hydrogen-bond donors (Lipinski definition) is 0. The molecule has 0 saturated carbocycles. The molecule has 2 aromatic rings. The van der Waals surface area contributed by atoms with Gasteiger partial charge in [-0.05, 0) is 31.5 Å². The fraction of sp³-hybridized carbons (Fsp3) is 0.438. The predicted molar refractivity (Wildman–Crippen MR) is 85.5 cm³/mol. The topological polar surface area (TPSA) is 33.5 Å². The van der Waals surface area contributed by atoms with Gasteiger partial charge in [-0.15, -0.1) is 0 Å². The molecule has 23 heavy (non-hydrogen) atoms. The second-order valence-corrected chi connectivity index (χ2v) is 6.31. The number of fused-ring (bicyclic) bond motifs is 1. The van der Waals surface area contributed by atoms with E-state index in [1.54, 1.807) is 25.1 Å². The highest BCUT2D eigenvalue weighted by atomic mass is 79.9.